The van der Waals surface area contributed by atoms with Crippen molar-refractivity contribution in [3.8, 4) is 0 Å². The summed E-state index contributed by atoms with van der Waals surface area (Å²) in [6.45, 7) is 5.70. The van der Waals surface area contributed by atoms with E-state index in [4.69, 9.17) is 0 Å². The van der Waals surface area contributed by atoms with Gasteiger partial charge in [0.05, 0.1) is 6.61 Å². The highest BCUT2D eigenvalue weighted by Gasteiger charge is 2.16. The lowest BCUT2D eigenvalue weighted by Crippen LogP contribution is -2.40. The topological polar surface area (TPSA) is 32.3 Å². The molecule has 1 rings (SSSR count). The average Bonchev–Trinajstić information content (AvgIpc) is 2.31. The molecule has 0 amide bonds. The first-order chi connectivity index (χ1) is 7.27. The van der Waals surface area contributed by atoms with Crippen molar-refractivity contribution in [3.63, 3.8) is 0 Å². The van der Waals surface area contributed by atoms with Gasteiger partial charge >= 0.3 is 0 Å². The van der Waals surface area contributed by atoms with Crippen LogP contribution >= 0.6 is 0 Å². The molecule has 3 atom stereocenters. The first kappa shape index (κ1) is 12.7. The molecular weight excluding hydrogens is 186 g/mol. The first-order valence-electron chi connectivity index (χ1n) is 6.27. The van der Waals surface area contributed by atoms with E-state index in [1.165, 1.54) is 19.3 Å². The van der Waals surface area contributed by atoms with Crippen molar-refractivity contribution in [1.82, 2.24) is 5.32 Å². The van der Waals surface area contributed by atoms with Crippen molar-refractivity contribution in [2.75, 3.05) is 13.2 Å². The minimum absolute atomic E-state index is 0.261. The van der Waals surface area contributed by atoms with Gasteiger partial charge in [0.2, 0.25) is 0 Å². The van der Waals surface area contributed by atoms with Crippen molar-refractivity contribution in [2.45, 2.75) is 45.6 Å². The molecule has 0 saturated carbocycles. The molecule has 0 aromatic rings. The zero-order valence-electron chi connectivity index (χ0n) is 10.1. The molecule has 0 fully saturated rings. The molecule has 2 heteroatoms. The van der Waals surface area contributed by atoms with Gasteiger partial charge in [-0.15, -0.1) is 0 Å². The number of nitrogens with one attached hydrogen (secondary N) is 1. The minimum Gasteiger partial charge on any atom is -0.395 e. The van der Waals surface area contributed by atoms with E-state index in [9.17, 15) is 5.11 Å². The van der Waals surface area contributed by atoms with E-state index in [0.717, 1.165) is 18.9 Å². The molecule has 0 spiro atoms. The van der Waals surface area contributed by atoms with Gasteiger partial charge in [-0.05, 0) is 37.6 Å². The Morgan fingerprint density at radius 3 is 2.80 bits per heavy atom. The van der Waals surface area contributed by atoms with Crippen molar-refractivity contribution >= 4 is 0 Å². The second-order valence-electron chi connectivity index (χ2n) is 4.73. The number of hydrogen-bond donors (Lipinski definition) is 2. The van der Waals surface area contributed by atoms with Crippen LogP contribution in [0.1, 0.15) is 39.5 Å². The Morgan fingerprint density at radius 1 is 1.47 bits per heavy atom. The molecule has 0 bridgehead atoms. The van der Waals surface area contributed by atoms with Gasteiger partial charge in [0.25, 0.3) is 0 Å². The van der Waals surface area contributed by atoms with Crippen LogP contribution in [0.15, 0.2) is 12.2 Å². The monoisotopic (exact) mass is 211 g/mol. The molecule has 0 heterocycles. The van der Waals surface area contributed by atoms with Gasteiger partial charge in [-0.25, -0.2) is 0 Å². The maximum Gasteiger partial charge on any atom is 0.0587 e. The van der Waals surface area contributed by atoms with E-state index < -0.39 is 0 Å². The van der Waals surface area contributed by atoms with Crippen LogP contribution in [0.3, 0.4) is 0 Å². The number of hydrogen-bond acceptors (Lipinski definition) is 2. The second-order valence-corrected chi connectivity index (χ2v) is 4.73. The third kappa shape index (κ3) is 4.35. The summed E-state index contributed by atoms with van der Waals surface area (Å²) in [5, 5.41) is 12.8. The second kappa shape index (κ2) is 7.02. The lowest BCUT2D eigenvalue weighted by atomic mass is 9.93. The SMILES string of the molecule is CCC(C)C(CO)NCC1CC=CCC1. The van der Waals surface area contributed by atoms with Crippen LogP contribution in [-0.4, -0.2) is 24.3 Å². The van der Waals surface area contributed by atoms with Crippen molar-refractivity contribution in [2.24, 2.45) is 11.8 Å². The summed E-state index contributed by atoms with van der Waals surface area (Å²) in [4.78, 5) is 0. The van der Waals surface area contributed by atoms with Gasteiger partial charge < -0.3 is 10.4 Å². The Hall–Kier alpha value is -0.340. The third-order valence-electron chi connectivity index (χ3n) is 3.57. The molecule has 3 unspecified atom stereocenters. The quantitative estimate of drug-likeness (QED) is 0.661. The van der Waals surface area contributed by atoms with Crippen LogP contribution in [-0.2, 0) is 0 Å². The molecule has 0 saturated heterocycles. The van der Waals surface area contributed by atoms with E-state index in [1.807, 2.05) is 0 Å². The number of allylic oxidation sites excluding steroid dienone is 2. The third-order valence-corrected chi connectivity index (χ3v) is 3.57. The van der Waals surface area contributed by atoms with Gasteiger partial charge in [-0.2, -0.15) is 0 Å². The highest BCUT2D eigenvalue weighted by molar-refractivity contribution is 4.91. The zero-order chi connectivity index (χ0) is 11.1. The normalized spacial score (nSPS) is 25.1. The molecule has 88 valence electrons. The fraction of sp³-hybridized carbons (Fsp3) is 0.846. The Bertz CT molecular complexity index is 191. The van der Waals surface area contributed by atoms with Gasteiger partial charge in [-0.1, -0.05) is 32.4 Å². The van der Waals surface area contributed by atoms with E-state index in [2.05, 4.69) is 31.3 Å². The Kier molecular flexibility index (Phi) is 5.96. The fourth-order valence-electron chi connectivity index (χ4n) is 2.09. The molecule has 1 aliphatic carbocycles. The summed E-state index contributed by atoms with van der Waals surface area (Å²) in [6.07, 6.45) is 9.40. The maximum absolute atomic E-state index is 9.28. The lowest BCUT2D eigenvalue weighted by molar-refractivity contribution is 0.195. The summed E-state index contributed by atoms with van der Waals surface area (Å²) >= 11 is 0. The van der Waals surface area contributed by atoms with Crippen LogP contribution in [0.25, 0.3) is 0 Å². The van der Waals surface area contributed by atoms with E-state index in [1.54, 1.807) is 0 Å². The lowest BCUT2D eigenvalue weighted by Gasteiger charge is -2.26. The highest BCUT2D eigenvalue weighted by atomic mass is 16.3. The van der Waals surface area contributed by atoms with E-state index in [0.29, 0.717) is 5.92 Å². The summed E-state index contributed by atoms with van der Waals surface area (Å²) in [5.41, 5.74) is 0. The van der Waals surface area contributed by atoms with Crippen LogP contribution in [0.2, 0.25) is 0 Å². The predicted molar refractivity (Wildman–Crippen MR) is 64.8 cm³/mol. The van der Waals surface area contributed by atoms with Crippen molar-refractivity contribution in [1.29, 1.82) is 0 Å². The number of aliphatic hydroxyl groups excluding tert-OH is 1. The Labute approximate surface area is 93.8 Å². The van der Waals surface area contributed by atoms with Gasteiger partial charge in [0.15, 0.2) is 0 Å². The summed E-state index contributed by atoms with van der Waals surface area (Å²) in [5.74, 6) is 1.34. The van der Waals surface area contributed by atoms with Crippen LogP contribution in [0.5, 0.6) is 0 Å². The van der Waals surface area contributed by atoms with Crippen LogP contribution in [0, 0.1) is 11.8 Å². The molecule has 0 radical (unpaired) electrons. The number of aliphatic hydroxyl groups is 1. The Morgan fingerprint density at radius 2 is 2.27 bits per heavy atom. The first-order valence-corrected chi connectivity index (χ1v) is 6.27. The molecule has 15 heavy (non-hydrogen) atoms. The maximum atomic E-state index is 9.28. The van der Waals surface area contributed by atoms with Crippen LogP contribution < -0.4 is 5.32 Å². The minimum atomic E-state index is 0.261. The summed E-state index contributed by atoms with van der Waals surface area (Å²) in [7, 11) is 0. The van der Waals surface area contributed by atoms with E-state index >= 15 is 0 Å². The fourth-order valence-corrected chi connectivity index (χ4v) is 2.09. The molecule has 0 aliphatic heterocycles. The molecular formula is C13H25NO. The zero-order valence-corrected chi connectivity index (χ0v) is 10.1. The molecule has 1 aliphatic rings. The highest BCUT2D eigenvalue weighted by Crippen LogP contribution is 2.17. The van der Waals surface area contributed by atoms with Crippen molar-refractivity contribution in [3.05, 3.63) is 12.2 Å². The molecule has 2 N–H and O–H groups in total. The van der Waals surface area contributed by atoms with Gasteiger partial charge in [-0.3, -0.25) is 0 Å². The van der Waals surface area contributed by atoms with E-state index in [-0.39, 0.29) is 12.6 Å². The molecule has 2 nitrogen and oxygen atoms in total. The number of rotatable bonds is 6. The summed E-state index contributed by atoms with van der Waals surface area (Å²) < 4.78 is 0. The largest absolute Gasteiger partial charge is 0.395 e. The standard InChI is InChI=1S/C13H25NO/c1-3-11(2)13(10-15)14-9-12-7-5-4-6-8-12/h4-5,11-15H,3,6-10H2,1-2H3. The Balaban J connectivity index is 2.24. The molecule has 0 aromatic heterocycles. The average molecular weight is 211 g/mol. The van der Waals surface area contributed by atoms with Crippen LogP contribution in [0.4, 0.5) is 0 Å². The smallest absolute Gasteiger partial charge is 0.0587 e. The van der Waals surface area contributed by atoms with Crippen molar-refractivity contribution < 1.29 is 5.11 Å². The predicted octanol–water partition coefficient (Wildman–Crippen LogP) is 2.34. The van der Waals surface area contributed by atoms with Gasteiger partial charge in [0, 0.05) is 6.04 Å². The summed E-state index contributed by atoms with van der Waals surface area (Å²) in [6, 6.07) is 0.279. The molecule has 0 aromatic carbocycles. The van der Waals surface area contributed by atoms with Gasteiger partial charge in [0.1, 0.15) is 0 Å².